The quantitative estimate of drug-likeness (QED) is 0.468. The van der Waals surface area contributed by atoms with Crippen LogP contribution in [0.1, 0.15) is 31.1 Å². The number of alkyl halides is 1. The second-order valence-corrected chi connectivity index (χ2v) is 5.38. The van der Waals surface area contributed by atoms with Crippen molar-refractivity contribution in [2.45, 2.75) is 32.5 Å². The average molecular weight is 283 g/mol. The van der Waals surface area contributed by atoms with Gasteiger partial charge in [-0.05, 0) is 45.0 Å². The molecular weight excluding hydrogens is 264 g/mol. The molecule has 0 saturated heterocycles. The van der Waals surface area contributed by atoms with Crippen LogP contribution in [-0.4, -0.2) is 23.6 Å². The number of halogens is 1. The predicted molar refractivity (Wildman–Crippen MR) is 76.9 cm³/mol. The van der Waals surface area contributed by atoms with E-state index in [1.165, 1.54) is 0 Å². The fourth-order valence-electron chi connectivity index (χ4n) is 1.32. The van der Waals surface area contributed by atoms with Gasteiger partial charge in [-0.15, -0.1) is 11.6 Å². The molecule has 19 heavy (non-hydrogen) atoms. The number of hydrogen-bond acceptors (Lipinski definition) is 3. The topological polar surface area (TPSA) is 35.5 Å². The van der Waals surface area contributed by atoms with Crippen LogP contribution in [0.5, 0.6) is 5.75 Å². The lowest BCUT2D eigenvalue weighted by atomic mass is 10.1. The van der Waals surface area contributed by atoms with Gasteiger partial charge in [0, 0.05) is 0 Å². The normalized spacial score (nSPS) is 12.6. The van der Waals surface area contributed by atoms with Crippen molar-refractivity contribution in [3.8, 4) is 5.75 Å². The van der Waals surface area contributed by atoms with Crippen molar-refractivity contribution in [3.63, 3.8) is 0 Å². The first-order valence-electron chi connectivity index (χ1n) is 6.04. The number of rotatable bonds is 5. The first-order valence-corrected chi connectivity index (χ1v) is 6.58. The third kappa shape index (κ3) is 5.35. The fourth-order valence-corrected chi connectivity index (χ4v) is 1.51. The molecule has 1 unspecified atom stereocenters. The molecule has 0 heterocycles. The van der Waals surface area contributed by atoms with Crippen molar-refractivity contribution >= 4 is 17.6 Å². The number of carbonyl (C=O) groups excluding carboxylic acids is 1. The van der Waals surface area contributed by atoms with Gasteiger partial charge in [0.25, 0.3) is 0 Å². The Morgan fingerprint density at radius 1 is 1.37 bits per heavy atom. The van der Waals surface area contributed by atoms with Crippen molar-refractivity contribution in [1.29, 1.82) is 0 Å². The molecule has 0 fully saturated rings. The highest BCUT2D eigenvalue weighted by Crippen LogP contribution is 2.17. The zero-order chi connectivity index (χ0) is 14.5. The summed E-state index contributed by atoms with van der Waals surface area (Å²) in [5.41, 5.74) is -0.0120. The molecule has 0 N–H and O–H groups in total. The number of benzene rings is 1. The smallest absolute Gasteiger partial charge is 0.338 e. The standard InChI is InChI=1S/C15H19ClO3/c1-5-12(10-16)18-13-8-6-11(7-9-13)14(17)19-15(2,3)4/h5-9,12H,1,10H2,2-4H3. The van der Waals surface area contributed by atoms with E-state index in [-0.39, 0.29) is 12.1 Å². The summed E-state index contributed by atoms with van der Waals surface area (Å²) < 4.78 is 10.8. The first-order chi connectivity index (χ1) is 8.85. The molecule has 1 aromatic rings. The Bertz CT molecular complexity index is 432. The molecule has 1 atom stereocenters. The minimum absolute atomic E-state index is 0.242. The van der Waals surface area contributed by atoms with Gasteiger partial charge in [0.05, 0.1) is 11.4 Å². The van der Waals surface area contributed by atoms with E-state index in [9.17, 15) is 4.79 Å². The summed E-state index contributed by atoms with van der Waals surface area (Å²) in [6.45, 7) is 9.12. The van der Waals surface area contributed by atoms with Crippen LogP contribution in [0, 0.1) is 0 Å². The maximum Gasteiger partial charge on any atom is 0.338 e. The highest BCUT2D eigenvalue weighted by molar-refractivity contribution is 6.18. The molecular formula is C15H19ClO3. The Hall–Kier alpha value is -1.48. The van der Waals surface area contributed by atoms with E-state index in [4.69, 9.17) is 21.1 Å². The van der Waals surface area contributed by atoms with Crippen molar-refractivity contribution in [2.75, 3.05) is 5.88 Å². The minimum atomic E-state index is -0.501. The summed E-state index contributed by atoms with van der Waals surface area (Å²) >= 11 is 5.70. The van der Waals surface area contributed by atoms with Crippen LogP contribution in [0.2, 0.25) is 0 Å². The van der Waals surface area contributed by atoms with Gasteiger partial charge in [0.1, 0.15) is 17.5 Å². The Labute approximate surface area is 119 Å². The Kier molecular flexibility index (Phi) is 5.43. The molecule has 0 spiro atoms. The Morgan fingerprint density at radius 2 is 1.95 bits per heavy atom. The molecule has 0 aliphatic heterocycles. The molecule has 0 aromatic heterocycles. The lowest BCUT2D eigenvalue weighted by molar-refractivity contribution is 0.00695. The second kappa shape index (κ2) is 6.62. The summed E-state index contributed by atoms with van der Waals surface area (Å²) in [6.07, 6.45) is 1.39. The summed E-state index contributed by atoms with van der Waals surface area (Å²) in [6, 6.07) is 6.75. The molecule has 0 aliphatic carbocycles. The maximum absolute atomic E-state index is 11.8. The molecule has 104 valence electrons. The van der Waals surface area contributed by atoms with Gasteiger partial charge in [-0.3, -0.25) is 0 Å². The van der Waals surface area contributed by atoms with Gasteiger partial charge >= 0.3 is 5.97 Å². The van der Waals surface area contributed by atoms with E-state index in [1.54, 1.807) is 30.3 Å². The highest BCUT2D eigenvalue weighted by atomic mass is 35.5. The lowest BCUT2D eigenvalue weighted by Gasteiger charge is -2.19. The summed E-state index contributed by atoms with van der Waals surface area (Å²) in [5, 5.41) is 0. The van der Waals surface area contributed by atoms with E-state index in [2.05, 4.69) is 6.58 Å². The first kappa shape index (κ1) is 15.6. The van der Waals surface area contributed by atoms with Gasteiger partial charge in [-0.1, -0.05) is 12.7 Å². The fraction of sp³-hybridized carbons (Fsp3) is 0.400. The van der Waals surface area contributed by atoms with Crippen LogP contribution in [0.15, 0.2) is 36.9 Å². The molecule has 1 aromatic carbocycles. The molecule has 0 aliphatic rings. The van der Waals surface area contributed by atoms with Crippen molar-refractivity contribution in [1.82, 2.24) is 0 Å². The minimum Gasteiger partial charge on any atom is -0.485 e. The van der Waals surface area contributed by atoms with Gasteiger partial charge in [-0.25, -0.2) is 4.79 Å². The third-order valence-corrected chi connectivity index (χ3v) is 2.50. The van der Waals surface area contributed by atoms with Crippen molar-refractivity contribution < 1.29 is 14.3 Å². The monoisotopic (exact) mass is 282 g/mol. The number of carbonyl (C=O) groups is 1. The van der Waals surface area contributed by atoms with Crippen molar-refractivity contribution in [2.24, 2.45) is 0 Å². The molecule has 0 amide bonds. The van der Waals surface area contributed by atoms with E-state index < -0.39 is 5.60 Å². The summed E-state index contributed by atoms with van der Waals surface area (Å²) in [5.74, 6) is 0.617. The lowest BCUT2D eigenvalue weighted by Crippen LogP contribution is -2.23. The van der Waals surface area contributed by atoms with Crippen LogP contribution >= 0.6 is 11.6 Å². The van der Waals surface area contributed by atoms with E-state index in [0.29, 0.717) is 17.2 Å². The predicted octanol–water partition coefficient (Wildman–Crippen LogP) is 3.81. The molecule has 1 rings (SSSR count). The SMILES string of the molecule is C=CC(CCl)Oc1ccc(C(=O)OC(C)(C)C)cc1. The van der Waals surface area contributed by atoms with Crippen molar-refractivity contribution in [3.05, 3.63) is 42.5 Å². The maximum atomic E-state index is 11.8. The molecule has 4 heteroatoms. The van der Waals surface area contributed by atoms with E-state index in [1.807, 2.05) is 20.8 Å². The largest absolute Gasteiger partial charge is 0.485 e. The number of hydrogen-bond donors (Lipinski definition) is 0. The number of ether oxygens (including phenoxy) is 2. The van der Waals surface area contributed by atoms with Gasteiger partial charge in [0.2, 0.25) is 0 Å². The van der Waals surface area contributed by atoms with Crippen LogP contribution in [0.3, 0.4) is 0 Å². The molecule has 0 bridgehead atoms. The summed E-state index contributed by atoms with van der Waals surface area (Å²) in [4.78, 5) is 11.8. The average Bonchev–Trinajstić information content (AvgIpc) is 2.34. The molecule has 0 radical (unpaired) electrons. The highest BCUT2D eigenvalue weighted by Gasteiger charge is 2.17. The van der Waals surface area contributed by atoms with Crippen LogP contribution in [0.4, 0.5) is 0 Å². The Balaban J connectivity index is 2.71. The van der Waals surface area contributed by atoms with Crippen LogP contribution in [0.25, 0.3) is 0 Å². The number of esters is 1. The zero-order valence-corrected chi connectivity index (χ0v) is 12.2. The second-order valence-electron chi connectivity index (χ2n) is 5.07. The van der Waals surface area contributed by atoms with Crippen LogP contribution < -0.4 is 4.74 Å². The molecule has 0 saturated carbocycles. The Morgan fingerprint density at radius 3 is 2.37 bits per heavy atom. The van der Waals surface area contributed by atoms with Crippen LogP contribution in [-0.2, 0) is 4.74 Å². The third-order valence-electron chi connectivity index (χ3n) is 2.19. The molecule has 3 nitrogen and oxygen atoms in total. The van der Waals surface area contributed by atoms with E-state index >= 15 is 0 Å². The zero-order valence-electron chi connectivity index (χ0n) is 11.5. The van der Waals surface area contributed by atoms with E-state index in [0.717, 1.165) is 0 Å². The van der Waals surface area contributed by atoms with Gasteiger partial charge in [0.15, 0.2) is 0 Å². The summed E-state index contributed by atoms with van der Waals surface area (Å²) in [7, 11) is 0. The van der Waals surface area contributed by atoms with Gasteiger partial charge < -0.3 is 9.47 Å². The van der Waals surface area contributed by atoms with Gasteiger partial charge in [-0.2, -0.15) is 0 Å².